The van der Waals surface area contributed by atoms with Crippen LogP contribution in [0.2, 0.25) is 0 Å². The van der Waals surface area contributed by atoms with Crippen molar-refractivity contribution >= 4 is 0 Å². The average molecular weight is 270 g/mol. The first-order chi connectivity index (χ1) is 9.02. The SMILES string of the molecule is C=CCC1CC(OC)=C(OC)C(OC)(OC(C)C)C1. The molecule has 0 saturated carbocycles. The highest BCUT2D eigenvalue weighted by Crippen LogP contribution is 2.42. The highest BCUT2D eigenvalue weighted by Gasteiger charge is 2.46. The van der Waals surface area contributed by atoms with Crippen molar-refractivity contribution in [3.8, 4) is 0 Å². The third-order valence-electron chi connectivity index (χ3n) is 3.34. The molecular weight excluding hydrogens is 244 g/mol. The zero-order valence-corrected chi connectivity index (χ0v) is 12.7. The van der Waals surface area contributed by atoms with Crippen molar-refractivity contribution in [2.75, 3.05) is 21.3 Å². The van der Waals surface area contributed by atoms with Crippen molar-refractivity contribution in [3.63, 3.8) is 0 Å². The molecule has 0 fully saturated rings. The summed E-state index contributed by atoms with van der Waals surface area (Å²) in [6, 6.07) is 0. The van der Waals surface area contributed by atoms with E-state index in [4.69, 9.17) is 18.9 Å². The van der Waals surface area contributed by atoms with Crippen LogP contribution in [0, 0.1) is 5.92 Å². The summed E-state index contributed by atoms with van der Waals surface area (Å²) < 4.78 is 22.7. The predicted molar refractivity (Wildman–Crippen MR) is 74.5 cm³/mol. The van der Waals surface area contributed by atoms with Crippen LogP contribution in [0.25, 0.3) is 0 Å². The molecule has 0 radical (unpaired) electrons. The van der Waals surface area contributed by atoms with Gasteiger partial charge in [-0.05, 0) is 26.2 Å². The zero-order chi connectivity index (χ0) is 14.5. The molecular formula is C15H26O4. The number of methoxy groups -OCH3 is 3. The fourth-order valence-corrected chi connectivity index (χ4v) is 2.67. The van der Waals surface area contributed by atoms with Crippen LogP contribution >= 0.6 is 0 Å². The predicted octanol–water partition coefficient (Wildman–Crippen LogP) is 3.24. The Morgan fingerprint density at radius 1 is 1.32 bits per heavy atom. The van der Waals surface area contributed by atoms with Gasteiger partial charge in [-0.15, -0.1) is 6.58 Å². The zero-order valence-electron chi connectivity index (χ0n) is 12.7. The van der Waals surface area contributed by atoms with Crippen LogP contribution < -0.4 is 0 Å². The van der Waals surface area contributed by atoms with Crippen LogP contribution in [-0.4, -0.2) is 33.2 Å². The monoisotopic (exact) mass is 270 g/mol. The minimum Gasteiger partial charge on any atom is -0.497 e. The third kappa shape index (κ3) is 3.51. The summed E-state index contributed by atoms with van der Waals surface area (Å²) in [5, 5.41) is 0. The number of rotatable bonds is 7. The fraction of sp³-hybridized carbons (Fsp3) is 0.733. The van der Waals surface area contributed by atoms with Crippen molar-refractivity contribution in [2.45, 2.75) is 45.0 Å². The van der Waals surface area contributed by atoms with E-state index in [1.54, 1.807) is 21.3 Å². The van der Waals surface area contributed by atoms with E-state index < -0.39 is 5.79 Å². The van der Waals surface area contributed by atoms with Gasteiger partial charge in [0.05, 0.1) is 20.3 Å². The molecule has 2 atom stereocenters. The molecule has 4 heteroatoms. The van der Waals surface area contributed by atoms with Gasteiger partial charge in [-0.2, -0.15) is 0 Å². The Balaban J connectivity index is 3.16. The van der Waals surface area contributed by atoms with E-state index in [9.17, 15) is 0 Å². The molecule has 0 N–H and O–H groups in total. The summed E-state index contributed by atoms with van der Waals surface area (Å²) in [4.78, 5) is 0. The van der Waals surface area contributed by atoms with Gasteiger partial charge in [-0.1, -0.05) is 6.08 Å². The summed E-state index contributed by atoms with van der Waals surface area (Å²) in [6.07, 6.45) is 4.41. The largest absolute Gasteiger partial charge is 0.497 e. The Morgan fingerprint density at radius 3 is 2.42 bits per heavy atom. The maximum absolute atomic E-state index is 6.02. The molecule has 110 valence electrons. The van der Waals surface area contributed by atoms with Crippen LogP contribution in [0.5, 0.6) is 0 Å². The molecule has 1 rings (SSSR count). The molecule has 4 nitrogen and oxygen atoms in total. The summed E-state index contributed by atoms with van der Waals surface area (Å²) in [6.45, 7) is 7.78. The van der Waals surface area contributed by atoms with E-state index in [0.29, 0.717) is 11.7 Å². The highest BCUT2D eigenvalue weighted by atomic mass is 16.7. The summed E-state index contributed by atoms with van der Waals surface area (Å²) >= 11 is 0. The molecule has 0 bridgehead atoms. The standard InChI is InChI=1S/C15H26O4/c1-7-8-12-9-13(16-4)14(17-5)15(10-12,18-6)19-11(2)3/h7,11-12H,1,8-10H2,2-6H3. The summed E-state index contributed by atoms with van der Waals surface area (Å²) in [7, 11) is 4.92. The van der Waals surface area contributed by atoms with E-state index >= 15 is 0 Å². The van der Waals surface area contributed by atoms with E-state index in [-0.39, 0.29) is 6.10 Å². The lowest BCUT2D eigenvalue weighted by Gasteiger charge is -2.41. The Kier molecular flexibility index (Phi) is 5.88. The van der Waals surface area contributed by atoms with Gasteiger partial charge in [0.25, 0.3) is 0 Å². The second-order valence-electron chi connectivity index (χ2n) is 5.08. The number of hydrogen-bond acceptors (Lipinski definition) is 4. The summed E-state index contributed by atoms with van der Waals surface area (Å²) in [5.74, 6) is 0.958. The first kappa shape index (κ1) is 16.1. The topological polar surface area (TPSA) is 36.9 Å². The van der Waals surface area contributed by atoms with Gasteiger partial charge in [0.1, 0.15) is 5.76 Å². The first-order valence-electron chi connectivity index (χ1n) is 6.68. The van der Waals surface area contributed by atoms with Gasteiger partial charge in [0.15, 0.2) is 5.76 Å². The number of ether oxygens (including phenoxy) is 4. The quantitative estimate of drug-likeness (QED) is 0.525. The lowest BCUT2D eigenvalue weighted by molar-refractivity contribution is -0.249. The highest BCUT2D eigenvalue weighted by molar-refractivity contribution is 5.17. The molecule has 0 amide bonds. The van der Waals surface area contributed by atoms with E-state index in [2.05, 4.69) is 6.58 Å². The van der Waals surface area contributed by atoms with Crippen LogP contribution in [0.15, 0.2) is 24.2 Å². The molecule has 0 aliphatic heterocycles. The Morgan fingerprint density at radius 2 is 2.00 bits per heavy atom. The third-order valence-corrected chi connectivity index (χ3v) is 3.34. The van der Waals surface area contributed by atoms with Gasteiger partial charge in [-0.3, -0.25) is 0 Å². The Labute approximate surface area is 116 Å². The molecule has 19 heavy (non-hydrogen) atoms. The molecule has 2 unspecified atom stereocenters. The molecule has 0 aromatic carbocycles. The minimum atomic E-state index is -0.861. The van der Waals surface area contributed by atoms with Gasteiger partial charge in [0, 0.05) is 20.0 Å². The number of hydrogen-bond donors (Lipinski definition) is 0. The van der Waals surface area contributed by atoms with Crippen molar-refractivity contribution in [1.82, 2.24) is 0 Å². The molecule has 0 aromatic rings. The molecule has 1 aliphatic carbocycles. The van der Waals surface area contributed by atoms with E-state index in [1.807, 2.05) is 19.9 Å². The molecule has 0 heterocycles. The molecule has 0 spiro atoms. The normalized spacial score (nSPS) is 27.6. The van der Waals surface area contributed by atoms with Crippen molar-refractivity contribution < 1.29 is 18.9 Å². The van der Waals surface area contributed by atoms with Gasteiger partial charge in [-0.25, -0.2) is 0 Å². The molecule has 0 aromatic heterocycles. The van der Waals surface area contributed by atoms with Crippen LogP contribution in [0.4, 0.5) is 0 Å². The average Bonchev–Trinajstić information content (AvgIpc) is 2.37. The van der Waals surface area contributed by atoms with Crippen LogP contribution in [0.1, 0.15) is 33.1 Å². The molecule has 1 aliphatic rings. The Hall–Kier alpha value is -1.00. The fourth-order valence-electron chi connectivity index (χ4n) is 2.67. The lowest BCUT2D eigenvalue weighted by Crippen LogP contribution is -2.45. The Bertz CT molecular complexity index is 335. The smallest absolute Gasteiger partial charge is 0.231 e. The minimum absolute atomic E-state index is 0.0330. The second kappa shape index (κ2) is 6.96. The van der Waals surface area contributed by atoms with Gasteiger partial charge < -0.3 is 18.9 Å². The maximum atomic E-state index is 6.02. The van der Waals surface area contributed by atoms with Crippen LogP contribution in [-0.2, 0) is 18.9 Å². The van der Waals surface area contributed by atoms with Crippen molar-refractivity contribution in [2.24, 2.45) is 5.92 Å². The van der Waals surface area contributed by atoms with E-state index in [0.717, 1.165) is 25.0 Å². The summed E-state index contributed by atoms with van der Waals surface area (Å²) in [5.41, 5.74) is 0. The molecule has 0 saturated heterocycles. The first-order valence-corrected chi connectivity index (χ1v) is 6.68. The van der Waals surface area contributed by atoms with E-state index in [1.165, 1.54) is 0 Å². The number of allylic oxidation sites excluding steroid dienone is 2. The lowest BCUT2D eigenvalue weighted by atomic mass is 9.85. The second-order valence-corrected chi connectivity index (χ2v) is 5.08. The maximum Gasteiger partial charge on any atom is 0.231 e. The van der Waals surface area contributed by atoms with Crippen molar-refractivity contribution in [3.05, 3.63) is 24.2 Å². The van der Waals surface area contributed by atoms with Crippen LogP contribution in [0.3, 0.4) is 0 Å². The van der Waals surface area contributed by atoms with Crippen molar-refractivity contribution in [1.29, 1.82) is 0 Å². The van der Waals surface area contributed by atoms with Gasteiger partial charge in [0.2, 0.25) is 5.79 Å². The van der Waals surface area contributed by atoms with Gasteiger partial charge >= 0.3 is 0 Å².